The van der Waals surface area contributed by atoms with Crippen LogP contribution in [0.25, 0.3) is 0 Å². The van der Waals surface area contributed by atoms with Crippen molar-refractivity contribution in [2.24, 2.45) is 5.92 Å². The number of hydrogen-bond donors (Lipinski definition) is 0. The zero-order chi connectivity index (χ0) is 14.5. The van der Waals surface area contributed by atoms with Gasteiger partial charge in [0, 0.05) is 11.5 Å². The highest BCUT2D eigenvalue weighted by atomic mass is 16.1. The van der Waals surface area contributed by atoms with E-state index in [1.54, 1.807) is 0 Å². The number of Topliss-reactive ketones (excluding diaryl/α,β-unsaturated/α-hetero) is 1. The zero-order valence-corrected chi connectivity index (χ0v) is 13.3. The molecule has 0 radical (unpaired) electrons. The minimum absolute atomic E-state index is 0.195. The molecule has 1 fully saturated rings. The second-order valence-electron chi connectivity index (χ2n) is 8.02. The van der Waals surface area contributed by atoms with E-state index in [2.05, 4.69) is 45.9 Å². The van der Waals surface area contributed by atoms with E-state index in [1.165, 1.54) is 30.4 Å². The lowest BCUT2D eigenvalue weighted by atomic mass is 9.62. The van der Waals surface area contributed by atoms with E-state index in [1.807, 2.05) is 0 Å². The molecular formula is C19H26O. The van der Waals surface area contributed by atoms with Gasteiger partial charge in [-0.25, -0.2) is 0 Å². The SMILES string of the molecule is CC1(C)CCC(C)(C)c2cc(C(=O)C3CCC3)ccc21. The summed E-state index contributed by atoms with van der Waals surface area (Å²) >= 11 is 0. The van der Waals surface area contributed by atoms with Crippen molar-refractivity contribution in [2.45, 2.75) is 70.6 Å². The van der Waals surface area contributed by atoms with Gasteiger partial charge in [0.2, 0.25) is 0 Å². The normalized spacial score (nSPS) is 23.8. The molecule has 3 rings (SSSR count). The Morgan fingerprint density at radius 1 is 1.00 bits per heavy atom. The molecule has 20 heavy (non-hydrogen) atoms. The zero-order valence-electron chi connectivity index (χ0n) is 13.3. The van der Waals surface area contributed by atoms with Crippen LogP contribution in [0.1, 0.15) is 81.3 Å². The number of hydrogen-bond acceptors (Lipinski definition) is 1. The van der Waals surface area contributed by atoms with Crippen molar-refractivity contribution in [3.8, 4) is 0 Å². The summed E-state index contributed by atoms with van der Waals surface area (Å²) < 4.78 is 0. The molecule has 0 unspecified atom stereocenters. The molecule has 0 aliphatic heterocycles. The van der Waals surface area contributed by atoms with Crippen molar-refractivity contribution in [3.05, 3.63) is 34.9 Å². The summed E-state index contributed by atoms with van der Waals surface area (Å²) in [6, 6.07) is 6.50. The third-order valence-electron chi connectivity index (χ3n) is 5.61. The quantitative estimate of drug-likeness (QED) is 0.690. The fourth-order valence-electron chi connectivity index (χ4n) is 3.65. The Morgan fingerprint density at radius 2 is 1.60 bits per heavy atom. The van der Waals surface area contributed by atoms with Gasteiger partial charge in [0.15, 0.2) is 5.78 Å². The van der Waals surface area contributed by atoms with Gasteiger partial charge in [-0.05, 0) is 53.7 Å². The Balaban J connectivity index is 2.04. The molecule has 1 heteroatoms. The summed E-state index contributed by atoms with van der Waals surface area (Å²) in [4.78, 5) is 12.5. The van der Waals surface area contributed by atoms with Gasteiger partial charge in [-0.3, -0.25) is 4.79 Å². The van der Waals surface area contributed by atoms with Gasteiger partial charge < -0.3 is 0 Å². The smallest absolute Gasteiger partial charge is 0.165 e. The van der Waals surface area contributed by atoms with Crippen molar-refractivity contribution in [3.63, 3.8) is 0 Å². The first kappa shape index (κ1) is 13.9. The van der Waals surface area contributed by atoms with Crippen LogP contribution in [0, 0.1) is 5.92 Å². The second-order valence-corrected chi connectivity index (χ2v) is 8.02. The highest BCUT2D eigenvalue weighted by molar-refractivity contribution is 5.98. The number of fused-ring (bicyclic) bond motifs is 1. The summed E-state index contributed by atoms with van der Waals surface area (Å²) in [6.07, 6.45) is 5.83. The maximum atomic E-state index is 12.5. The lowest BCUT2D eigenvalue weighted by molar-refractivity contribution is 0.0855. The molecule has 0 spiro atoms. The van der Waals surface area contributed by atoms with Crippen LogP contribution in [-0.2, 0) is 10.8 Å². The van der Waals surface area contributed by atoms with Gasteiger partial charge in [-0.2, -0.15) is 0 Å². The molecule has 1 aromatic rings. The molecule has 1 nitrogen and oxygen atoms in total. The fourth-order valence-corrected chi connectivity index (χ4v) is 3.65. The predicted molar refractivity (Wildman–Crippen MR) is 83.4 cm³/mol. The standard InChI is InChI=1S/C19H26O/c1-18(2)10-11-19(3,4)16-12-14(8-9-15(16)18)17(20)13-6-5-7-13/h8-9,12-13H,5-7,10-11H2,1-4H3. The lowest BCUT2D eigenvalue weighted by Crippen LogP contribution is -2.34. The summed E-state index contributed by atoms with van der Waals surface area (Å²) in [6.45, 7) is 9.29. The molecule has 1 aromatic carbocycles. The van der Waals surface area contributed by atoms with E-state index in [0.717, 1.165) is 18.4 Å². The van der Waals surface area contributed by atoms with Crippen molar-refractivity contribution >= 4 is 5.78 Å². The first-order valence-corrected chi connectivity index (χ1v) is 8.00. The lowest BCUT2D eigenvalue weighted by Gasteiger charge is -2.42. The summed E-state index contributed by atoms with van der Waals surface area (Å²) in [5, 5.41) is 0. The van der Waals surface area contributed by atoms with Crippen LogP contribution >= 0.6 is 0 Å². The van der Waals surface area contributed by atoms with Crippen molar-refractivity contribution in [1.29, 1.82) is 0 Å². The van der Waals surface area contributed by atoms with Crippen LogP contribution in [0.4, 0.5) is 0 Å². The average molecular weight is 270 g/mol. The fraction of sp³-hybridized carbons (Fsp3) is 0.632. The summed E-state index contributed by atoms with van der Waals surface area (Å²) in [7, 11) is 0. The van der Waals surface area contributed by atoms with E-state index in [4.69, 9.17) is 0 Å². The van der Waals surface area contributed by atoms with Crippen molar-refractivity contribution < 1.29 is 4.79 Å². The minimum Gasteiger partial charge on any atom is -0.294 e. The van der Waals surface area contributed by atoms with Crippen LogP contribution in [0.15, 0.2) is 18.2 Å². The Kier molecular flexibility index (Phi) is 3.08. The maximum absolute atomic E-state index is 12.5. The van der Waals surface area contributed by atoms with E-state index in [0.29, 0.717) is 11.7 Å². The summed E-state index contributed by atoms with van der Waals surface area (Å²) in [5.41, 5.74) is 4.22. The van der Waals surface area contributed by atoms with Gasteiger partial charge in [0.1, 0.15) is 0 Å². The molecular weight excluding hydrogens is 244 g/mol. The van der Waals surface area contributed by atoms with Gasteiger partial charge in [0.25, 0.3) is 0 Å². The molecule has 0 N–H and O–H groups in total. The van der Waals surface area contributed by atoms with Gasteiger partial charge in [0.05, 0.1) is 0 Å². The molecule has 2 aliphatic carbocycles. The molecule has 1 saturated carbocycles. The van der Waals surface area contributed by atoms with Crippen LogP contribution in [-0.4, -0.2) is 5.78 Å². The van der Waals surface area contributed by atoms with Gasteiger partial charge in [-0.15, -0.1) is 0 Å². The van der Waals surface area contributed by atoms with Gasteiger partial charge in [-0.1, -0.05) is 46.2 Å². The largest absolute Gasteiger partial charge is 0.294 e. The van der Waals surface area contributed by atoms with Crippen LogP contribution in [0.5, 0.6) is 0 Å². The monoisotopic (exact) mass is 270 g/mol. The van der Waals surface area contributed by atoms with Crippen molar-refractivity contribution in [2.75, 3.05) is 0 Å². The first-order chi connectivity index (χ1) is 9.31. The summed E-state index contributed by atoms with van der Waals surface area (Å²) in [5.74, 6) is 0.672. The average Bonchev–Trinajstić information content (AvgIpc) is 2.32. The number of carbonyl (C=O) groups is 1. The Morgan fingerprint density at radius 3 is 2.15 bits per heavy atom. The van der Waals surface area contributed by atoms with Crippen LogP contribution in [0.2, 0.25) is 0 Å². The number of carbonyl (C=O) groups excluding carboxylic acids is 1. The first-order valence-electron chi connectivity index (χ1n) is 8.00. The number of rotatable bonds is 2. The Hall–Kier alpha value is -1.11. The molecule has 0 aromatic heterocycles. The van der Waals surface area contributed by atoms with Gasteiger partial charge >= 0.3 is 0 Å². The van der Waals surface area contributed by atoms with E-state index >= 15 is 0 Å². The maximum Gasteiger partial charge on any atom is 0.165 e. The second kappa shape index (κ2) is 4.44. The molecule has 0 atom stereocenters. The Bertz CT molecular complexity index is 547. The van der Waals surface area contributed by atoms with E-state index in [-0.39, 0.29) is 10.8 Å². The third-order valence-corrected chi connectivity index (χ3v) is 5.61. The molecule has 0 amide bonds. The van der Waals surface area contributed by atoms with E-state index < -0.39 is 0 Å². The molecule has 108 valence electrons. The van der Waals surface area contributed by atoms with E-state index in [9.17, 15) is 4.79 Å². The highest BCUT2D eigenvalue weighted by Crippen LogP contribution is 2.46. The highest BCUT2D eigenvalue weighted by Gasteiger charge is 2.37. The predicted octanol–water partition coefficient (Wildman–Crippen LogP) is 5.02. The molecule has 2 aliphatic rings. The van der Waals surface area contributed by atoms with Crippen LogP contribution < -0.4 is 0 Å². The number of ketones is 1. The number of benzene rings is 1. The minimum atomic E-state index is 0.195. The molecule has 0 heterocycles. The Labute approximate surface area is 122 Å². The van der Waals surface area contributed by atoms with Crippen molar-refractivity contribution in [1.82, 2.24) is 0 Å². The third kappa shape index (κ3) is 2.12. The van der Waals surface area contributed by atoms with Crippen LogP contribution in [0.3, 0.4) is 0 Å². The molecule has 0 saturated heterocycles. The molecule has 0 bridgehead atoms. The topological polar surface area (TPSA) is 17.1 Å².